The molecule has 0 saturated carbocycles. The third-order valence-corrected chi connectivity index (χ3v) is 9.73. The molecule has 1 heterocycles. The molecule has 0 aliphatic carbocycles. The van der Waals surface area contributed by atoms with Gasteiger partial charge in [-0.05, 0) is 36.4 Å². The van der Waals surface area contributed by atoms with Gasteiger partial charge in [-0.15, -0.1) is 0 Å². The Balaban J connectivity index is 2.02. The molecule has 3 aromatic rings. The van der Waals surface area contributed by atoms with Crippen LogP contribution >= 0.6 is 18.8 Å². The van der Waals surface area contributed by atoms with Crippen molar-refractivity contribution in [2.24, 2.45) is 0 Å². The lowest BCUT2D eigenvalue weighted by atomic mass is 10.3. The molecule has 4 rings (SSSR count). The van der Waals surface area contributed by atoms with E-state index in [1.54, 1.807) is 0 Å². The summed E-state index contributed by atoms with van der Waals surface area (Å²) in [5.41, 5.74) is 0. The minimum atomic E-state index is -1.60. The van der Waals surface area contributed by atoms with Gasteiger partial charge in [-0.1, -0.05) is 55.7 Å². The SMILES string of the molecule is [B-]1Sc2ccccc2[P+]1(c1ccccc1)c1ccccc1. The van der Waals surface area contributed by atoms with E-state index >= 15 is 0 Å². The van der Waals surface area contributed by atoms with Crippen molar-refractivity contribution in [2.45, 2.75) is 4.90 Å². The van der Waals surface area contributed by atoms with Crippen LogP contribution in [0.1, 0.15) is 0 Å². The van der Waals surface area contributed by atoms with Gasteiger partial charge in [0.25, 0.3) is 0 Å². The largest absolute Gasteiger partial charge is 0.358 e. The zero-order chi connectivity index (χ0) is 14.1. The lowest BCUT2D eigenvalue weighted by molar-refractivity contribution is 1.54. The summed E-state index contributed by atoms with van der Waals surface area (Å²) in [7, 11) is -1.60. The second kappa shape index (κ2) is 5.37. The van der Waals surface area contributed by atoms with E-state index < -0.39 is 7.14 Å². The molecule has 1 aliphatic rings. The summed E-state index contributed by atoms with van der Waals surface area (Å²) < 4.78 is 0. The predicted molar refractivity (Wildman–Crippen MR) is 96.8 cm³/mol. The Bertz CT molecular complexity index is 719. The number of hydrogen-bond donors (Lipinski definition) is 0. The highest BCUT2D eigenvalue weighted by molar-refractivity contribution is 8.48. The summed E-state index contributed by atoms with van der Waals surface area (Å²) in [4.78, 5) is 1.40. The molecule has 3 heteroatoms. The van der Waals surface area contributed by atoms with Crippen LogP contribution in [0.2, 0.25) is 0 Å². The fraction of sp³-hybridized carbons (Fsp3) is 0. The number of benzene rings is 3. The zero-order valence-corrected chi connectivity index (χ0v) is 13.2. The van der Waals surface area contributed by atoms with Crippen molar-refractivity contribution < 1.29 is 0 Å². The predicted octanol–water partition coefficient (Wildman–Crippen LogP) is 3.62. The van der Waals surface area contributed by atoms with E-state index in [0.29, 0.717) is 0 Å². The van der Waals surface area contributed by atoms with Crippen molar-refractivity contribution >= 4 is 40.9 Å². The standard InChI is InChI=1S/C18H14BPS/c1-3-9-15(10-4-1)20(16-11-5-2-6-12-16)17-13-7-8-14-18(17)21-19-20/h1-14H. The fourth-order valence-corrected chi connectivity index (χ4v) is 9.25. The topological polar surface area (TPSA) is 0 Å². The molecule has 0 saturated heterocycles. The fourth-order valence-electron chi connectivity index (χ4n) is 2.92. The highest BCUT2D eigenvalue weighted by Crippen LogP contribution is 2.62. The van der Waals surface area contributed by atoms with Crippen LogP contribution in [0.15, 0.2) is 89.8 Å². The molecule has 0 spiro atoms. The Morgan fingerprint density at radius 2 is 1.14 bits per heavy atom. The quantitative estimate of drug-likeness (QED) is 0.515. The van der Waals surface area contributed by atoms with Gasteiger partial charge in [-0.2, -0.15) is 0 Å². The summed E-state index contributed by atoms with van der Waals surface area (Å²) in [6.07, 6.45) is 2.49. The van der Waals surface area contributed by atoms with Gasteiger partial charge in [0.2, 0.25) is 0 Å². The van der Waals surface area contributed by atoms with Crippen molar-refractivity contribution in [3.05, 3.63) is 84.9 Å². The molecule has 0 N–H and O–H groups in total. The molecule has 0 nitrogen and oxygen atoms in total. The Morgan fingerprint density at radius 3 is 1.76 bits per heavy atom. The molecule has 1 aliphatic heterocycles. The monoisotopic (exact) mass is 304 g/mol. The van der Waals surface area contributed by atoms with E-state index in [2.05, 4.69) is 91.2 Å². The van der Waals surface area contributed by atoms with Gasteiger partial charge in [-0.3, -0.25) is 0 Å². The van der Waals surface area contributed by atoms with Crippen LogP contribution in [-0.4, -0.2) is 6.28 Å². The molecule has 0 atom stereocenters. The van der Waals surface area contributed by atoms with Gasteiger partial charge < -0.3 is 11.6 Å². The number of hydrogen-bond acceptors (Lipinski definition) is 1. The molecule has 0 bridgehead atoms. The average Bonchev–Trinajstić information content (AvgIpc) is 2.97. The molecule has 0 unspecified atom stereocenters. The summed E-state index contributed by atoms with van der Waals surface area (Å²) in [5, 5.41) is 4.37. The lowest BCUT2D eigenvalue weighted by Gasteiger charge is -2.33. The molecular weight excluding hydrogens is 290 g/mol. The van der Waals surface area contributed by atoms with E-state index in [9.17, 15) is 0 Å². The van der Waals surface area contributed by atoms with Crippen LogP contribution in [0.5, 0.6) is 0 Å². The van der Waals surface area contributed by atoms with Crippen molar-refractivity contribution in [1.29, 1.82) is 0 Å². The smallest absolute Gasteiger partial charge is 0.0655 e. The van der Waals surface area contributed by atoms with Crippen molar-refractivity contribution in [3.63, 3.8) is 0 Å². The summed E-state index contributed by atoms with van der Waals surface area (Å²) in [5.74, 6) is 0. The summed E-state index contributed by atoms with van der Waals surface area (Å²) in [6.45, 7) is 0. The molecule has 100 valence electrons. The first-order valence-electron chi connectivity index (χ1n) is 7.02. The average molecular weight is 304 g/mol. The van der Waals surface area contributed by atoms with Gasteiger partial charge in [-0.25, -0.2) is 0 Å². The number of rotatable bonds is 2. The van der Waals surface area contributed by atoms with E-state index in [0.717, 1.165) is 0 Å². The molecule has 0 amide bonds. The molecule has 3 aromatic carbocycles. The Hall–Kier alpha value is -1.50. The van der Waals surface area contributed by atoms with Crippen molar-refractivity contribution in [2.75, 3.05) is 0 Å². The van der Waals surface area contributed by atoms with Gasteiger partial charge in [0.15, 0.2) is 0 Å². The molecule has 21 heavy (non-hydrogen) atoms. The first-order valence-corrected chi connectivity index (χ1v) is 9.76. The second-order valence-corrected chi connectivity index (χ2v) is 9.56. The normalized spacial score (nSPS) is 15.6. The molecule has 2 radical (unpaired) electrons. The minimum absolute atomic E-state index is 1.40. The minimum Gasteiger partial charge on any atom is -0.358 e. The third kappa shape index (κ3) is 2.06. The maximum absolute atomic E-state index is 2.49. The van der Waals surface area contributed by atoms with E-state index in [4.69, 9.17) is 0 Å². The highest BCUT2D eigenvalue weighted by Gasteiger charge is 2.39. The second-order valence-electron chi connectivity index (χ2n) is 5.08. The molecule has 0 fully saturated rings. The van der Waals surface area contributed by atoms with Crippen LogP contribution in [0, 0.1) is 0 Å². The highest BCUT2D eigenvalue weighted by atomic mass is 32.2. The lowest BCUT2D eigenvalue weighted by Crippen LogP contribution is -2.31. The van der Waals surface area contributed by atoms with Crippen molar-refractivity contribution in [3.8, 4) is 0 Å². The van der Waals surface area contributed by atoms with Crippen LogP contribution in [0.3, 0.4) is 0 Å². The maximum atomic E-state index is 2.49. The Kier molecular flexibility index (Phi) is 3.37. The summed E-state index contributed by atoms with van der Waals surface area (Å²) >= 11 is 1.89. The summed E-state index contributed by atoms with van der Waals surface area (Å²) in [6, 6.07) is 30.8. The van der Waals surface area contributed by atoms with Crippen LogP contribution in [0.25, 0.3) is 0 Å². The third-order valence-electron chi connectivity index (χ3n) is 3.91. The molecule has 0 aromatic heterocycles. The van der Waals surface area contributed by atoms with Crippen LogP contribution in [-0.2, 0) is 0 Å². The van der Waals surface area contributed by atoms with Gasteiger partial charge in [0.1, 0.15) is 0 Å². The molecular formula is C18H14BPS. The Morgan fingerprint density at radius 1 is 0.619 bits per heavy atom. The first-order chi connectivity index (χ1) is 10.4. The zero-order valence-electron chi connectivity index (χ0n) is 11.5. The van der Waals surface area contributed by atoms with Crippen LogP contribution < -0.4 is 15.9 Å². The van der Waals surface area contributed by atoms with Gasteiger partial charge in [0.05, 0.1) is 15.9 Å². The van der Waals surface area contributed by atoms with E-state index in [1.807, 2.05) is 11.6 Å². The van der Waals surface area contributed by atoms with E-state index in [1.165, 1.54) is 20.8 Å². The van der Waals surface area contributed by atoms with Crippen LogP contribution in [0.4, 0.5) is 0 Å². The van der Waals surface area contributed by atoms with Crippen molar-refractivity contribution in [1.82, 2.24) is 0 Å². The maximum Gasteiger partial charge on any atom is 0.0655 e. The van der Waals surface area contributed by atoms with Gasteiger partial charge >= 0.3 is 0 Å². The van der Waals surface area contributed by atoms with Gasteiger partial charge in [0, 0.05) is 11.2 Å². The Labute approximate surface area is 131 Å². The van der Waals surface area contributed by atoms with E-state index in [-0.39, 0.29) is 0 Å². The number of fused-ring (bicyclic) bond motifs is 1. The first kappa shape index (κ1) is 13.2.